The summed E-state index contributed by atoms with van der Waals surface area (Å²) in [5.74, 6) is -1.43. The fraction of sp³-hybridized carbons (Fsp3) is 0.951. The number of aliphatic hydroxyl groups excluding tert-OH is 1. The molecule has 0 aromatic rings. The Kier molecular flexibility index (Phi) is 72.5. The van der Waals surface area contributed by atoms with Crippen molar-refractivity contribution in [1.29, 1.82) is 0 Å². The minimum Gasteiger partial charge on any atom is -0.462 e. The minimum absolute atomic E-state index is 0.107. The Morgan fingerprint density at radius 3 is 0.680 bits per heavy atom. The normalized spacial score (nSPS) is 13.8. The van der Waals surface area contributed by atoms with Gasteiger partial charge in [-0.05, 0) is 31.6 Å². The molecule has 0 radical (unpaired) electrons. The molecule has 19 heteroatoms. The molecule has 0 saturated carbocycles. The molecule has 0 aliphatic carbocycles. The number of unbranched alkanes of at least 4 members (excludes halogenated alkanes) is 53. The smallest absolute Gasteiger partial charge is 0.462 e. The van der Waals surface area contributed by atoms with Crippen molar-refractivity contribution in [2.45, 2.75) is 451 Å². The average Bonchev–Trinajstić information content (AvgIpc) is 0.925. The second-order valence-electron chi connectivity index (χ2n) is 29.6. The first kappa shape index (κ1) is 98.1. The maximum absolute atomic E-state index is 13.1. The Morgan fingerprint density at radius 1 is 0.270 bits per heavy atom. The summed E-state index contributed by atoms with van der Waals surface area (Å²) >= 11 is 0. The number of ether oxygens (including phenoxy) is 4. The molecule has 5 atom stereocenters. The summed E-state index contributed by atoms with van der Waals surface area (Å²) in [6.45, 7) is 7.25. The van der Waals surface area contributed by atoms with Crippen LogP contribution < -0.4 is 0 Å². The molecule has 0 heterocycles. The largest absolute Gasteiger partial charge is 0.472 e. The van der Waals surface area contributed by atoms with Gasteiger partial charge in [-0.3, -0.25) is 37.3 Å². The Labute approximate surface area is 613 Å². The second kappa shape index (κ2) is 73.9. The molecule has 2 unspecified atom stereocenters. The first-order chi connectivity index (χ1) is 48.5. The lowest BCUT2D eigenvalue weighted by atomic mass is 10.0. The lowest BCUT2D eigenvalue weighted by molar-refractivity contribution is -0.161. The first-order valence-electron chi connectivity index (χ1n) is 42.1. The number of esters is 4. The Hall–Kier alpha value is -1.94. The van der Waals surface area contributed by atoms with Crippen molar-refractivity contribution < 1.29 is 80.2 Å². The van der Waals surface area contributed by atoms with Gasteiger partial charge >= 0.3 is 39.5 Å². The van der Waals surface area contributed by atoms with Crippen LogP contribution in [-0.2, 0) is 65.4 Å². The Morgan fingerprint density at radius 2 is 0.460 bits per heavy atom. The van der Waals surface area contributed by atoms with Crippen LogP contribution >= 0.6 is 15.6 Å². The summed E-state index contributed by atoms with van der Waals surface area (Å²) in [5, 5.41) is 10.6. The van der Waals surface area contributed by atoms with Gasteiger partial charge in [0, 0.05) is 25.7 Å². The van der Waals surface area contributed by atoms with Crippen molar-refractivity contribution in [3.63, 3.8) is 0 Å². The number of hydrogen-bond acceptors (Lipinski definition) is 15. The summed E-state index contributed by atoms with van der Waals surface area (Å²) < 4.78 is 68.7. The highest BCUT2D eigenvalue weighted by atomic mass is 31.2. The fourth-order valence-corrected chi connectivity index (χ4v) is 14.2. The summed E-state index contributed by atoms with van der Waals surface area (Å²) in [4.78, 5) is 73.0. The van der Waals surface area contributed by atoms with Gasteiger partial charge in [0.05, 0.1) is 26.4 Å². The highest BCUT2D eigenvalue weighted by molar-refractivity contribution is 7.47. The molecule has 0 aromatic carbocycles. The van der Waals surface area contributed by atoms with Crippen molar-refractivity contribution in [3.8, 4) is 0 Å². The van der Waals surface area contributed by atoms with E-state index in [2.05, 4.69) is 34.6 Å². The lowest BCUT2D eigenvalue weighted by Crippen LogP contribution is -2.30. The summed E-state index contributed by atoms with van der Waals surface area (Å²) in [6.07, 6.45) is 65.5. The van der Waals surface area contributed by atoms with Crippen molar-refractivity contribution in [2.24, 2.45) is 5.92 Å². The average molecular weight is 1470 g/mol. The number of carbonyl (C=O) groups excluding carboxylic acids is 4. The first-order valence-corrected chi connectivity index (χ1v) is 45.1. The van der Waals surface area contributed by atoms with Gasteiger partial charge in [0.15, 0.2) is 12.2 Å². The topological polar surface area (TPSA) is 237 Å². The molecule has 0 bridgehead atoms. The summed E-state index contributed by atoms with van der Waals surface area (Å²) in [7, 11) is -9.92. The predicted molar refractivity (Wildman–Crippen MR) is 409 cm³/mol. The third kappa shape index (κ3) is 74.3. The minimum atomic E-state index is -4.96. The number of carbonyl (C=O) groups is 4. The molecule has 3 N–H and O–H groups in total. The highest BCUT2D eigenvalue weighted by Gasteiger charge is 2.30. The van der Waals surface area contributed by atoms with Gasteiger partial charge in [-0.2, -0.15) is 0 Å². The van der Waals surface area contributed by atoms with E-state index in [0.29, 0.717) is 31.6 Å². The van der Waals surface area contributed by atoms with Crippen LogP contribution in [-0.4, -0.2) is 96.7 Å². The van der Waals surface area contributed by atoms with Gasteiger partial charge in [-0.15, -0.1) is 0 Å². The van der Waals surface area contributed by atoms with Crippen molar-refractivity contribution >= 4 is 39.5 Å². The Balaban J connectivity index is 5.20. The zero-order chi connectivity index (χ0) is 73.4. The van der Waals surface area contributed by atoms with Crippen LogP contribution in [0, 0.1) is 5.92 Å². The van der Waals surface area contributed by atoms with Crippen molar-refractivity contribution in [2.75, 3.05) is 39.6 Å². The van der Waals surface area contributed by atoms with Gasteiger partial charge in [0.1, 0.15) is 19.3 Å². The van der Waals surface area contributed by atoms with Gasteiger partial charge in [0.2, 0.25) is 0 Å². The molecular weight excluding hydrogens is 1310 g/mol. The van der Waals surface area contributed by atoms with Crippen LogP contribution in [0.4, 0.5) is 0 Å². The van der Waals surface area contributed by atoms with Crippen LogP contribution in [0.5, 0.6) is 0 Å². The lowest BCUT2D eigenvalue weighted by Gasteiger charge is -2.21. The standard InChI is InChI=1S/C81H158O17P2/c1-6-9-12-15-18-21-24-27-29-31-32-33-34-36-38-41-44-47-50-57-62-67-80(85)97-76(70-91-78(83)64-59-54-48-45-42-40-37-35-30-28-25-22-19-16-13-10-7-2)72-95-99(87,88)93-68-75(82)69-94-100(89,90)96-73-77(71-92-79(84)65-60-55-52-51-53-58-63-74(4)5)98-81(86)66-61-56-49-46-43-39-26-23-20-17-14-11-8-3/h74-77,82H,6-73H2,1-5H3,(H,87,88)(H,89,90)/t75-,76-,77-/m1/s1. The van der Waals surface area contributed by atoms with E-state index in [1.54, 1.807) is 0 Å². The van der Waals surface area contributed by atoms with Gasteiger partial charge in [-0.1, -0.05) is 381 Å². The molecule has 0 saturated heterocycles. The van der Waals surface area contributed by atoms with E-state index in [4.69, 9.17) is 37.0 Å². The molecule has 0 aliphatic rings. The molecule has 0 fully saturated rings. The molecule has 0 aromatic heterocycles. The van der Waals surface area contributed by atoms with Crippen LogP contribution in [0.2, 0.25) is 0 Å². The number of hydrogen-bond donors (Lipinski definition) is 3. The number of phosphoric acid groups is 2. The molecule has 594 valence electrons. The van der Waals surface area contributed by atoms with Crippen molar-refractivity contribution in [1.82, 2.24) is 0 Å². The van der Waals surface area contributed by atoms with E-state index in [1.807, 2.05) is 0 Å². The quantitative estimate of drug-likeness (QED) is 0.0222. The van der Waals surface area contributed by atoms with Gasteiger partial charge in [0.25, 0.3) is 0 Å². The van der Waals surface area contributed by atoms with E-state index in [-0.39, 0.29) is 25.7 Å². The maximum Gasteiger partial charge on any atom is 0.472 e. The molecular formula is C81H158O17P2. The van der Waals surface area contributed by atoms with E-state index >= 15 is 0 Å². The van der Waals surface area contributed by atoms with Crippen LogP contribution in [0.15, 0.2) is 0 Å². The molecule has 100 heavy (non-hydrogen) atoms. The number of aliphatic hydroxyl groups is 1. The Bertz CT molecular complexity index is 1910. The molecule has 0 amide bonds. The highest BCUT2D eigenvalue weighted by Crippen LogP contribution is 2.45. The summed E-state index contributed by atoms with van der Waals surface area (Å²) in [6, 6.07) is 0. The molecule has 0 rings (SSSR count). The number of phosphoric ester groups is 2. The van der Waals surface area contributed by atoms with Crippen LogP contribution in [0.3, 0.4) is 0 Å². The van der Waals surface area contributed by atoms with Crippen LogP contribution in [0.25, 0.3) is 0 Å². The monoisotopic (exact) mass is 1470 g/mol. The van der Waals surface area contributed by atoms with E-state index < -0.39 is 97.5 Å². The molecule has 0 spiro atoms. The van der Waals surface area contributed by atoms with Gasteiger partial charge < -0.3 is 33.8 Å². The third-order valence-electron chi connectivity index (χ3n) is 19.0. The predicted octanol–water partition coefficient (Wildman–Crippen LogP) is 24.4. The van der Waals surface area contributed by atoms with Gasteiger partial charge in [-0.25, -0.2) is 9.13 Å². The maximum atomic E-state index is 13.1. The van der Waals surface area contributed by atoms with E-state index in [9.17, 15) is 43.2 Å². The fourth-order valence-electron chi connectivity index (χ4n) is 12.6. The third-order valence-corrected chi connectivity index (χ3v) is 20.9. The van der Waals surface area contributed by atoms with E-state index in [0.717, 1.165) is 96.3 Å². The zero-order valence-electron chi connectivity index (χ0n) is 65.3. The SMILES string of the molecule is CCCCCCCCCCCCCCCCCCCCCCCC(=O)O[C@H](COC(=O)CCCCCCCCCCCCCCCCCCC)COP(=O)(O)OC[C@@H](O)COP(=O)(O)OC[C@@H](COC(=O)CCCCCCCCC(C)C)OC(=O)CCCCCCCCCCCCCCC. The van der Waals surface area contributed by atoms with E-state index in [1.165, 1.54) is 250 Å². The second-order valence-corrected chi connectivity index (χ2v) is 32.5. The molecule has 17 nitrogen and oxygen atoms in total. The zero-order valence-corrected chi connectivity index (χ0v) is 67.1. The van der Waals surface area contributed by atoms with Crippen LogP contribution in [0.1, 0.15) is 433 Å². The summed E-state index contributed by atoms with van der Waals surface area (Å²) in [5.41, 5.74) is 0. The molecule has 0 aliphatic heterocycles. The van der Waals surface area contributed by atoms with Crippen molar-refractivity contribution in [3.05, 3.63) is 0 Å². The number of rotatable bonds is 81.